The molecule has 2 rings (SSSR count). The van der Waals surface area contributed by atoms with Gasteiger partial charge in [-0.15, -0.1) is 0 Å². The Morgan fingerprint density at radius 1 is 1.18 bits per heavy atom. The van der Waals surface area contributed by atoms with Gasteiger partial charge in [-0.1, -0.05) is 30.3 Å². The highest BCUT2D eigenvalue weighted by Crippen LogP contribution is 2.29. The lowest BCUT2D eigenvalue weighted by molar-refractivity contribution is -0.385. The molecule has 2 aromatic carbocycles. The quantitative estimate of drug-likeness (QED) is 0.628. The minimum absolute atomic E-state index is 0.0848. The highest BCUT2D eigenvalue weighted by atomic mass is 16.6. The summed E-state index contributed by atoms with van der Waals surface area (Å²) in [6.07, 6.45) is 0. The van der Waals surface area contributed by atoms with E-state index in [4.69, 9.17) is 4.74 Å². The topological polar surface area (TPSA) is 72.7 Å². The Bertz CT molecular complexity index is 684. The number of hydrogen-bond donors (Lipinski definition) is 0. The van der Waals surface area contributed by atoms with Crippen molar-refractivity contribution in [1.82, 2.24) is 4.90 Å². The average molecular weight is 300 g/mol. The molecular weight excluding hydrogens is 284 g/mol. The molecule has 22 heavy (non-hydrogen) atoms. The van der Waals surface area contributed by atoms with E-state index in [9.17, 15) is 14.9 Å². The predicted octanol–water partition coefficient (Wildman–Crippen LogP) is 2.88. The van der Waals surface area contributed by atoms with Crippen molar-refractivity contribution >= 4 is 11.6 Å². The predicted molar refractivity (Wildman–Crippen MR) is 81.9 cm³/mol. The lowest BCUT2D eigenvalue weighted by atomic mass is 10.1. The van der Waals surface area contributed by atoms with Crippen molar-refractivity contribution < 1.29 is 14.5 Å². The van der Waals surface area contributed by atoms with Gasteiger partial charge in [0.1, 0.15) is 6.61 Å². The van der Waals surface area contributed by atoms with Gasteiger partial charge in [0.05, 0.1) is 4.92 Å². The summed E-state index contributed by atoms with van der Waals surface area (Å²) in [5.41, 5.74) is 1.08. The SMILES string of the molecule is CN(C)C(=O)c1ccc([N+](=O)[O-])c(OCc2ccccc2)c1. The standard InChI is InChI=1S/C16H16N2O4/c1-17(2)16(19)13-8-9-14(18(20)21)15(10-13)22-11-12-6-4-3-5-7-12/h3-10H,11H2,1-2H3. The van der Waals surface area contributed by atoms with Crippen molar-refractivity contribution in [1.29, 1.82) is 0 Å². The molecule has 0 saturated heterocycles. The van der Waals surface area contributed by atoms with Gasteiger partial charge in [0.2, 0.25) is 0 Å². The Morgan fingerprint density at radius 3 is 2.45 bits per heavy atom. The Labute approximate surface area is 128 Å². The van der Waals surface area contributed by atoms with Crippen LogP contribution in [0.4, 0.5) is 5.69 Å². The lowest BCUT2D eigenvalue weighted by Gasteiger charge is -2.12. The van der Waals surface area contributed by atoms with Crippen LogP contribution >= 0.6 is 0 Å². The first-order valence-corrected chi connectivity index (χ1v) is 6.66. The van der Waals surface area contributed by atoms with Gasteiger partial charge < -0.3 is 9.64 Å². The van der Waals surface area contributed by atoms with Gasteiger partial charge in [-0.25, -0.2) is 0 Å². The summed E-state index contributed by atoms with van der Waals surface area (Å²) in [5, 5.41) is 11.1. The van der Waals surface area contributed by atoms with Crippen molar-refractivity contribution in [2.75, 3.05) is 14.1 Å². The minimum atomic E-state index is -0.524. The fourth-order valence-electron chi connectivity index (χ4n) is 1.91. The molecule has 0 unspecified atom stereocenters. The number of amides is 1. The number of nitro groups is 1. The summed E-state index contributed by atoms with van der Waals surface area (Å²) in [6, 6.07) is 13.4. The third-order valence-electron chi connectivity index (χ3n) is 3.05. The first-order chi connectivity index (χ1) is 10.5. The number of carbonyl (C=O) groups excluding carboxylic acids is 1. The van der Waals surface area contributed by atoms with E-state index in [2.05, 4.69) is 0 Å². The van der Waals surface area contributed by atoms with Gasteiger partial charge in [0.15, 0.2) is 5.75 Å². The average Bonchev–Trinajstić information content (AvgIpc) is 2.52. The van der Waals surface area contributed by atoms with Crippen LogP contribution in [0.15, 0.2) is 48.5 Å². The Kier molecular flexibility index (Phi) is 4.73. The largest absolute Gasteiger partial charge is 0.482 e. The first kappa shape index (κ1) is 15.5. The molecule has 2 aromatic rings. The molecule has 0 aromatic heterocycles. The van der Waals surface area contributed by atoms with Crippen molar-refractivity contribution in [3.8, 4) is 5.75 Å². The molecule has 6 nitrogen and oxygen atoms in total. The molecule has 6 heteroatoms. The zero-order valence-electron chi connectivity index (χ0n) is 12.4. The van der Waals surface area contributed by atoms with E-state index >= 15 is 0 Å². The molecule has 0 heterocycles. The second kappa shape index (κ2) is 6.71. The third kappa shape index (κ3) is 3.60. The first-order valence-electron chi connectivity index (χ1n) is 6.66. The molecule has 0 aliphatic heterocycles. The lowest BCUT2D eigenvalue weighted by Crippen LogP contribution is -2.21. The molecule has 0 bridgehead atoms. The van der Waals surface area contributed by atoms with Crippen LogP contribution in [0, 0.1) is 10.1 Å². The molecule has 0 saturated carbocycles. The molecule has 0 spiro atoms. The molecular formula is C16H16N2O4. The van der Waals surface area contributed by atoms with Crippen LogP contribution in [0.3, 0.4) is 0 Å². The van der Waals surface area contributed by atoms with Gasteiger partial charge in [0, 0.05) is 31.8 Å². The number of carbonyl (C=O) groups is 1. The van der Waals surface area contributed by atoms with Gasteiger partial charge >= 0.3 is 5.69 Å². The fraction of sp³-hybridized carbons (Fsp3) is 0.188. The molecule has 114 valence electrons. The van der Waals surface area contributed by atoms with E-state index in [-0.39, 0.29) is 24.0 Å². The van der Waals surface area contributed by atoms with Crippen LogP contribution in [0.5, 0.6) is 5.75 Å². The number of hydrogen-bond acceptors (Lipinski definition) is 4. The zero-order chi connectivity index (χ0) is 16.1. The number of benzene rings is 2. The minimum Gasteiger partial charge on any atom is -0.482 e. The summed E-state index contributed by atoms with van der Waals surface area (Å²) >= 11 is 0. The van der Waals surface area contributed by atoms with E-state index in [0.29, 0.717) is 5.56 Å². The van der Waals surface area contributed by atoms with Gasteiger partial charge in [-0.05, 0) is 11.6 Å². The molecule has 1 amide bonds. The van der Waals surface area contributed by atoms with E-state index < -0.39 is 4.92 Å². The van der Waals surface area contributed by atoms with E-state index in [0.717, 1.165) is 5.56 Å². The van der Waals surface area contributed by atoms with Crippen LogP contribution in [-0.2, 0) is 6.61 Å². The maximum Gasteiger partial charge on any atom is 0.310 e. The van der Waals surface area contributed by atoms with E-state index in [1.54, 1.807) is 14.1 Å². The van der Waals surface area contributed by atoms with Crippen LogP contribution < -0.4 is 4.74 Å². The number of ether oxygens (including phenoxy) is 1. The summed E-state index contributed by atoms with van der Waals surface area (Å²) in [7, 11) is 3.24. The van der Waals surface area contributed by atoms with E-state index in [1.165, 1.54) is 23.1 Å². The second-order valence-electron chi connectivity index (χ2n) is 4.91. The van der Waals surface area contributed by atoms with Crippen molar-refractivity contribution in [2.24, 2.45) is 0 Å². The zero-order valence-corrected chi connectivity index (χ0v) is 12.4. The third-order valence-corrected chi connectivity index (χ3v) is 3.05. The van der Waals surface area contributed by atoms with Crippen molar-refractivity contribution in [2.45, 2.75) is 6.61 Å². The van der Waals surface area contributed by atoms with Crippen LogP contribution in [0.2, 0.25) is 0 Å². The number of rotatable bonds is 5. The molecule has 0 fully saturated rings. The van der Waals surface area contributed by atoms with Gasteiger partial charge in [-0.2, -0.15) is 0 Å². The summed E-state index contributed by atoms with van der Waals surface area (Å²) in [4.78, 5) is 23.9. The molecule has 0 aliphatic rings. The maximum absolute atomic E-state index is 12.0. The Hall–Kier alpha value is -2.89. The number of nitrogens with zero attached hydrogens (tertiary/aromatic N) is 2. The highest BCUT2D eigenvalue weighted by Gasteiger charge is 2.19. The smallest absolute Gasteiger partial charge is 0.310 e. The van der Waals surface area contributed by atoms with Crippen molar-refractivity contribution in [3.63, 3.8) is 0 Å². The second-order valence-corrected chi connectivity index (χ2v) is 4.91. The monoisotopic (exact) mass is 300 g/mol. The van der Waals surface area contributed by atoms with Gasteiger partial charge in [0.25, 0.3) is 5.91 Å². The summed E-state index contributed by atoms with van der Waals surface area (Å²) < 4.78 is 5.54. The highest BCUT2D eigenvalue weighted by molar-refractivity contribution is 5.94. The van der Waals surface area contributed by atoms with Crippen LogP contribution in [-0.4, -0.2) is 29.8 Å². The molecule has 0 N–H and O–H groups in total. The fourth-order valence-corrected chi connectivity index (χ4v) is 1.91. The Balaban J connectivity index is 2.28. The maximum atomic E-state index is 12.0. The molecule has 0 aliphatic carbocycles. The van der Waals surface area contributed by atoms with E-state index in [1.807, 2.05) is 30.3 Å². The number of nitro benzene ring substituents is 1. The van der Waals surface area contributed by atoms with Crippen LogP contribution in [0.25, 0.3) is 0 Å². The van der Waals surface area contributed by atoms with Crippen LogP contribution in [0.1, 0.15) is 15.9 Å². The molecule has 0 radical (unpaired) electrons. The summed E-state index contributed by atoms with van der Waals surface area (Å²) in [6.45, 7) is 0.196. The Morgan fingerprint density at radius 2 is 1.86 bits per heavy atom. The molecule has 0 atom stereocenters. The van der Waals surface area contributed by atoms with Gasteiger partial charge in [-0.3, -0.25) is 14.9 Å². The van der Waals surface area contributed by atoms with Crippen molar-refractivity contribution in [3.05, 3.63) is 69.8 Å². The summed E-state index contributed by atoms with van der Waals surface area (Å²) in [5.74, 6) is -0.152. The normalized spacial score (nSPS) is 10.1.